The van der Waals surface area contributed by atoms with E-state index < -0.39 is 23.5 Å². The monoisotopic (exact) mass is 500 g/mol. The predicted molar refractivity (Wildman–Crippen MR) is 131 cm³/mol. The average Bonchev–Trinajstić information content (AvgIpc) is 3.31. The van der Waals surface area contributed by atoms with Crippen LogP contribution in [0.2, 0.25) is 0 Å². The smallest absolute Gasteiger partial charge is 0.255 e. The van der Waals surface area contributed by atoms with Crippen molar-refractivity contribution in [3.8, 4) is 5.75 Å². The Kier molecular flexibility index (Phi) is 7.75. The van der Waals surface area contributed by atoms with Crippen LogP contribution in [0, 0.1) is 11.7 Å². The van der Waals surface area contributed by atoms with E-state index in [4.69, 9.17) is 4.74 Å². The molecule has 2 aliphatic rings. The Bertz CT molecular complexity index is 1080. The minimum Gasteiger partial charge on any atom is -0.492 e. The number of amides is 2. The molecule has 194 valence electrons. The Labute approximate surface area is 209 Å². The molecule has 1 fully saturated rings. The highest BCUT2D eigenvalue weighted by atomic mass is 19.1. The van der Waals surface area contributed by atoms with E-state index in [0.29, 0.717) is 32.0 Å². The van der Waals surface area contributed by atoms with Crippen LogP contribution in [0.15, 0.2) is 36.5 Å². The molecule has 2 aliphatic heterocycles. The molecule has 1 aromatic heterocycles. The molecule has 1 aromatic carbocycles. The molecule has 2 atom stereocenters. The van der Waals surface area contributed by atoms with Gasteiger partial charge in [0, 0.05) is 38.4 Å². The number of aromatic nitrogens is 1. The van der Waals surface area contributed by atoms with Crippen LogP contribution in [-0.2, 0) is 22.7 Å². The third-order valence-corrected chi connectivity index (χ3v) is 6.95. The molecule has 2 amide bonds. The Balaban J connectivity index is 1.28. The van der Waals surface area contributed by atoms with Gasteiger partial charge >= 0.3 is 0 Å². The highest BCUT2D eigenvalue weighted by molar-refractivity contribution is 5.94. The number of hydrogen-bond donors (Lipinski definition) is 3. The summed E-state index contributed by atoms with van der Waals surface area (Å²) in [5.74, 6) is -1.19. The van der Waals surface area contributed by atoms with Crippen LogP contribution in [0.5, 0.6) is 5.75 Å². The summed E-state index contributed by atoms with van der Waals surface area (Å²) in [4.78, 5) is 33.3. The zero-order chi connectivity index (χ0) is 25.9. The van der Waals surface area contributed by atoms with Gasteiger partial charge < -0.3 is 30.1 Å². The maximum atomic E-state index is 13.6. The van der Waals surface area contributed by atoms with Crippen LogP contribution in [0.4, 0.5) is 10.1 Å². The minimum absolute atomic E-state index is 0.156. The first kappa shape index (κ1) is 25.8. The van der Waals surface area contributed by atoms with E-state index in [2.05, 4.69) is 15.2 Å². The molecule has 3 N–H and O–H groups in total. The van der Waals surface area contributed by atoms with E-state index in [1.54, 1.807) is 18.3 Å². The lowest BCUT2D eigenvalue weighted by atomic mass is 9.94. The van der Waals surface area contributed by atoms with E-state index in [1.807, 2.05) is 13.0 Å². The summed E-state index contributed by atoms with van der Waals surface area (Å²) in [7, 11) is 0. The lowest BCUT2D eigenvalue weighted by molar-refractivity contribution is -0.166. The molecule has 0 saturated carbocycles. The first-order valence-electron chi connectivity index (χ1n) is 12.3. The van der Waals surface area contributed by atoms with E-state index in [9.17, 15) is 24.2 Å². The Hall–Kier alpha value is -3.24. The van der Waals surface area contributed by atoms with Crippen molar-refractivity contribution in [2.75, 3.05) is 31.1 Å². The summed E-state index contributed by atoms with van der Waals surface area (Å²) in [6.07, 6.45) is 1.27. The van der Waals surface area contributed by atoms with Crippen molar-refractivity contribution in [2.45, 2.75) is 51.5 Å². The van der Waals surface area contributed by atoms with E-state index in [0.717, 1.165) is 36.7 Å². The number of benzene rings is 1. The van der Waals surface area contributed by atoms with Gasteiger partial charge in [0.05, 0.1) is 24.5 Å². The highest BCUT2D eigenvalue weighted by Gasteiger charge is 2.45. The normalized spacial score (nSPS) is 18.4. The van der Waals surface area contributed by atoms with Gasteiger partial charge in [0.2, 0.25) is 0 Å². The van der Waals surface area contributed by atoms with Crippen molar-refractivity contribution in [1.82, 2.24) is 15.2 Å². The Morgan fingerprint density at radius 1 is 1.28 bits per heavy atom. The number of fused-ring (bicyclic) bond motifs is 1. The maximum absolute atomic E-state index is 13.6. The highest BCUT2D eigenvalue weighted by Crippen LogP contribution is 2.32. The third kappa shape index (κ3) is 5.44. The van der Waals surface area contributed by atoms with Gasteiger partial charge in [-0.25, -0.2) is 4.39 Å². The number of nitrogens with zero attached hydrogens (tertiary/aromatic N) is 3. The zero-order valence-corrected chi connectivity index (χ0v) is 20.6. The second-order valence-corrected chi connectivity index (χ2v) is 9.54. The molecule has 1 saturated heterocycles. The first-order chi connectivity index (χ1) is 17.2. The van der Waals surface area contributed by atoms with Crippen molar-refractivity contribution >= 4 is 17.5 Å². The second-order valence-electron chi connectivity index (χ2n) is 9.54. The molecule has 36 heavy (non-hydrogen) atoms. The van der Waals surface area contributed by atoms with E-state index in [1.165, 1.54) is 17.0 Å². The molecule has 0 unspecified atom stereocenters. The maximum Gasteiger partial charge on any atom is 0.255 e. The van der Waals surface area contributed by atoms with Gasteiger partial charge in [-0.2, -0.15) is 0 Å². The van der Waals surface area contributed by atoms with Crippen LogP contribution < -0.4 is 15.0 Å². The number of nitrogens with one attached hydrogen (secondary N) is 1. The SMILES string of the molecule is CCOc1cc(F)ccc1N1CCC(CNC(=O)[C@](C)(O)[C@@H](O)C(=O)N2Cc3cccnc3C2)CC1. The topological polar surface area (TPSA) is 115 Å². The molecule has 0 radical (unpaired) electrons. The number of anilines is 1. The molecule has 10 heteroatoms. The summed E-state index contributed by atoms with van der Waals surface area (Å²) >= 11 is 0. The molecule has 9 nitrogen and oxygen atoms in total. The van der Waals surface area contributed by atoms with Crippen LogP contribution >= 0.6 is 0 Å². The predicted octanol–water partition coefficient (Wildman–Crippen LogP) is 1.61. The fourth-order valence-corrected chi connectivity index (χ4v) is 4.71. The number of aliphatic hydroxyl groups is 2. The first-order valence-corrected chi connectivity index (χ1v) is 12.3. The molecule has 0 spiro atoms. The number of carbonyl (C=O) groups excluding carboxylic acids is 2. The molecule has 2 aromatic rings. The lowest BCUT2D eigenvalue weighted by Crippen LogP contribution is -2.58. The molecule has 0 aliphatic carbocycles. The van der Waals surface area contributed by atoms with Gasteiger partial charge in [-0.3, -0.25) is 14.6 Å². The summed E-state index contributed by atoms with van der Waals surface area (Å²) in [6.45, 7) is 5.65. The number of pyridine rings is 1. The third-order valence-electron chi connectivity index (χ3n) is 6.95. The van der Waals surface area contributed by atoms with Gasteiger partial charge in [0.15, 0.2) is 11.7 Å². The van der Waals surface area contributed by atoms with Crippen LogP contribution in [0.1, 0.15) is 37.9 Å². The Morgan fingerprint density at radius 2 is 2.03 bits per heavy atom. The molecular formula is C26H33FN4O5. The number of ether oxygens (including phenoxy) is 1. The number of halogens is 1. The van der Waals surface area contributed by atoms with Crippen LogP contribution in [0.25, 0.3) is 0 Å². The van der Waals surface area contributed by atoms with Gasteiger partial charge in [-0.1, -0.05) is 6.07 Å². The molecule has 3 heterocycles. The average molecular weight is 501 g/mol. The minimum atomic E-state index is -2.28. The molecular weight excluding hydrogens is 467 g/mol. The second kappa shape index (κ2) is 10.8. The lowest BCUT2D eigenvalue weighted by Gasteiger charge is -2.35. The quantitative estimate of drug-likeness (QED) is 0.504. The van der Waals surface area contributed by atoms with Gasteiger partial charge in [-0.15, -0.1) is 0 Å². The van der Waals surface area contributed by atoms with Crippen LogP contribution in [-0.4, -0.2) is 69.9 Å². The Morgan fingerprint density at radius 3 is 2.72 bits per heavy atom. The summed E-state index contributed by atoms with van der Waals surface area (Å²) < 4.78 is 19.2. The van der Waals surface area contributed by atoms with E-state index >= 15 is 0 Å². The zero-order valence-electron chi connectivity index (χ0n) is 20.6. The van der Waals surface area contributed by atoms with Crippen LogP contribution in [0.3, 0.4) is 0 Å². The van der Waals surface area contributed by atoms with Crippen molar-refractivity contribution in [1.29, 1.82) is 0 Å². The number of carbonyl (C=O) groups is 2. The fourth-order valence-electron chi connectivity index (χ4n) is 4.71. The molecule has 4 rings (SSSR count). The number of aliphatic hydroxyl groups excluding tert-OH is 1. The summed E-state index contributed by atoms with van der Waals surface area (Å²) in [5.41, 5.74) is 0.176. The van der Waals surface area contributed by atoms with Crippen molar-refractivity contribution in [2.24, 2.45) is 5.92 Å². The largest absolute Gasteiger partial charge is 0.492 e. The van der Waals surface area contributed by atoms with Gasteiger partial charge in [0.25, 0.3) is 11.8 Å². The van der Waals surface area contributed by atoms with Crippen molar-refractivity contribution in [3.63, 3.8) is 0 Å². The van der Waals surface area contributed by atoms with Gasteiger partial charge in [0.1, 0.15) is 11.6 Å². The number of hydrogen-bond acceptors (Lipinski definition) is 7. The summed E-state index contributed by atoms with van der Waals surface area (Å²) in [6, 6.07) is 8.14. The number of rotatable bonds is 8. The summed E-state index contributed by atoms with van der Waals surface area (Å²) in [5, 5.41) is 24.0. The number of piperidine rings is 1. The van der Waals surface area contributed by atoms with Crippen molar-refractivity contribution in [3.05, 3.63) is 53.6 Å². The van der Waals surface area contributed by atoms with E-state index in [-0.39, 0.29) is 24.8 Å². The van der Waals surface area contributed by atoms with Gasteiger partial charge in [-0.05, 0) is 56.4 Å². The molecule has 0 bridgehead atoms. The standard InChI is InChI=1S/C26H33FN4O5/c1-3-36-22-13-19(27)6-7-21(22)30-11-8-17(9-12-30)14-29-25(34)26(2,35)23(32)24(33)31-15-18-5-4-10-28-20(18)16-31/h4-7,10,13,17,23,32,35H,3,8-9,11-12,14-16H2,1-2H3,(H,29,34)/t23-,26+/m0/s1. The fraction of sp³-hybridized carbons (Fsp3) is 0.500. The van der Waals surface area contributed by atoms with Crippen molar-refractivity contribution < 1.29 is 28.9 Å².